The first-order valence-electron chi connectivity index (χ1n) is 8.20. The number of rotatable bonds is 2. The number of carbonyl (C=O) groups is 2. The Labute approximate surface area is 167 Å². The molecular formula is C18H22ClN3O4S. The lowest BCUT2D eigenvalue weighted by Crippen LogP contribution is -2.43. The second kappa shape index (κ2) is 7.82. The molecule has 0 radical (unpaired) electrons. The SMILES string of the molecule is CC(C)(C)OC(=O)N(C(=O)OC(C)(C)C)c1sc(-c2cccnc2)nc1Cl. The van der Waals surface area contributed by atoms with Crippen molar-refractivity contribution in [1.29, 1.82) is 0 Å². The average Bonchev–Trinajstić information content (AvgIpc) is 2.86. The zero-order valence-electron chi connectivity index (χ0n) is 16.1. The van der Waals surface area contributed by atoms with E-state index in [9.17, 15) is 9.59 Å². The number of carbonyl (C=O) groups excluding carboxylic acids is 2. The zero-order chi connectivity index (χ0) is 20.4. The van der Waals surface area contributed by atoms with E-state index in [1.807, 2.05) is 0 Å². The Kier molecular flexibility index (Phi) is 6.11. The highest BCUT2D eigenvalue weighted by Gasteiger charge is 2.35. The highest BCUT2D eigenvalue weighted by Crippen LogP contribution is 2.38. The Morgan fingerprint density at radius 2 is 1.63 bits per heavy atom. The standard InChI is InChI=1S/C18H22ClN3O4S/c1-17(2,3)25-15(23)22(16(24)26-18(4,5)6)14-12(19)21-13(27-14)11-8-7-9-20-10-11/h7-10H,1-6H3. The first kappa shape index (κ1) is 21.1. The summed E-state index contributed by atoms with van der Waals surface area (Å²) in [4.78, 5) is 34.4. The number of amides is 2. The van der Waals surface area contributed by atoms with Crippen LogP contribution in [0.15, 0.2) is 24.5 Å². The molecule has 0 N–H and O–H groups in total. The van der Waals surface area contributed by atoms with E-state index >= 15 is 0 Å². The van der Waals surface area contributed by atoms with Gasteiger partial charge in [0.05, 0.1) is 0 Å². The predicted octanol–water partition coefficient (Wildman–Crippen LogP) is 5.54. The van der Waals surface area contributed by atoms with Crippen LogP contribution in [0.3, 0.4) is 0 Å². The van der Waals surface area contributed by atoms with Crippen LogP contribution in [-0.2, 0) is 9.47 Å². The first-order valence-corrected chi connectivity index (χ1v) is 9.39. The quantitative estimate of drug-likeness (QED) is 0.645. The Bertz CT molecular complexity index is 797. The normalized spacial score (nSPS) is 11.8. The highest BCUT2D eigenvalue weighted by atomic mass is 35.5. The molecular weight excluding hydrogens is 390 g/mol. The summed E-state index contributed by atoms with van der Waals surface area (Å²) in [5, 5.41) is 0.634. The third-order valence-electron chi connectivity index (χ3n) is 2.83. The van der Waals surface area contributed by atoms with Crippen LogP contribution in [0.25, 0.3) is 10.6 Å². The fourth-order valence-corrected chi connectivity index (χ4v) is 3.16. The molecule has 0 fully saturated rings. The molecule has 2 amide bonds. The van der Waals surface area contributed by atoms with Gasteiger partial charge in [-0.3, -0.25) is 4.98 Å². The van der Waals surface area contributed by atoms with E-state index < -0.39 is 23.4 Å². The second-order valence-electron chi connectivity index (χ2n) is 7.65. The molecule has 0 unspecified atom stereocenters. The molecule has 146 valence electrons. The van der Waals surface area contributed by atoms with Gasteiger partial charge < -0.3 is 9.47 Å². The molecule has 0 saturated carbocycles. The summed E-state index contributed by atoms with van der Waals surface area (Å²) in [7, 11) is 0. The van der Waals surface area contributed by atoms with Crippen LogP contribution in [0.5, 0.6) is 0 Å². The Hall–Kier alpha value is -2.19. The minimum Gasteiger partial charge on any atom is -0.443 e. The van der Waals surface area contributed by atoms with Crippen molar-refractivity contribution in [3.63, 3.8) is 0 Å². The minimum atomic E-state index is -0.889. The summed E-state index contributed by atoms with van der Waals surface area (Å²) in [6, 6.07) is 3.56. The first-order chi connectivity index (χ1) is 12.4. The lowest BCUT2D eigenvalue weighted by atomic mass is 10.2. The molecule has 2 aromatic heterocycles. The van der Waals surface area contributed by atoms with Crippen LogP contribution in [0.1, 0.15) is 41.5 Å². The molecule has 9 heteroatoms. The monoisotopic (exact) mass is 411 g/mol. The largest absolute Gasteiger partial charge is 0.443 e. The molecule has 0 aliphatic rings. The molecule has 0 atom stereocenters. The van der Waals surface area contributed by atoms with Gasteiger partial charge >= 0.3 is 12.2 Å². The Morgan fingerprint density at radius 1 is 1.07 bits per heavy atom. The molecule has 0 aromatic carbocycles. The number of pyridine rings is 1. The van der Waals surface area contributed by atoms with Gasteiger partial charge in [0, 0.05) is 18.0 Å². The van der Waals surface area contributed by atoms with Crippen molar-refractivity contribution in [2.75, 3.05) is 4.90 Å². The van der Waals surface area contributed by atoms with E-state index in [1.165, 1.54) is 0 Å². The van der Waals surface area contributed by atoms with Crippen molar-refractivity contribution in [3.8, 4) is 10.6 Å². The summed E-state index contributed by atoms with van der Waals surface area (Å²) >= 11 is 7.31. The topological polar surface area (TPSA) is 81.6 Å². The van der Waals surface area contributed by atoms with Crippen LogP contribution >= 0.6 is 22.9 Å². The molecule has 0 bridgehead atoms. The summed E-state index contributed by atoms with van der Waals surface area (Å²) in [6.45, 7) is 10.2. The van der Waals surface area contributed by atoms with Gasteiger partial charge in [-0.2, -0.15) is 4.90 Å². The van der Waals surface area contributed by atoms with Gasteiger partial charge in [-0.05, 0) is 53.7 Å². The van der Waals surface area contributed by atoms with E-state index in [1.54, 1.807) is 66.1 Å². The average molecular weight is 412 g/mol. The van der Waals surface area contributed by atoms with E-state index in [4.69, 9.17) is 21.1 Å². The lowest BCUT2D eigenvalue weighted by molar-refractivity contribution is 0.0432. The van der Waals surface area contributed by atoms with E-state index in [0.29, 0.717) is 10.6 Å². The van der Waals surface area contributed by atoms with Gasteiger partial charge in [0.25, 0.3) is 0 Å². The maximum Gasteiger partial charge on any atom is 0.425 e. The van der Waals surface area contributed by atoms with Crippen LogP contribution < -0.4 is 4.90 Å². The number of imide groups is 1. The fraction of sp³-hybridized carbons (Fsp3) is 0.444. The van der Waals surface area contributed by atoms with Gasteiger partial charge in [0.2, 0.25) is 0 Å². The van der Waals surface area contributed by atoms with E-state index in [0.717, 1.165) is 16.2 Å². The summed E-state index contributed by atoms with van der Waals surface area (Å²) < 4.78 is 10.7. The van der Waals surface area contributed by atoms with Crippen LogP contribution in [0, 0.1) is 0 Å². The van der Waals surface area contributed by atoms with Crippen molar-refractivity contribution < 1.29 is 19.1 Å². The van der Waals surface area contributed by atoms with Crippen molar-refractivity contribution in [1.82, 2.24) is 9.97 Å². The van der Waals surface area contributed by atoms with Gasteiger partial charge in [-0.1, -0.05) is 22.9 Å². The molecule has 0 aliphatic heterocycles. The van der Waals surface area contributed by atoms with Crippen molar-refractivity contribution in [2.45, 2.75) is 52.7 Å². The van der Waals surface area contributed by atoms with Gasteiger partial charge in [-0.15, -0.1) is 0 Å². The number of ether oxygens (including phenoxy) is 2. The number of hydrogen-bond acceptors (Lipinski definition) is 7. The Balaban J connectivity index is 2.45. The molecule has 0 saturated heterocycles. The smallest absolute Gasteiger partial charge is 0.425 e. The molecule has 2 heterocycles. The lowest BCUT2D eigenvalue weighted by Gasteiger charge is -2.27. The molecule has 2 rings (SSSR count). The number of nitrogens with zero attached hydrogens (tertiary/aromatic N) is 3. The number of aromatic nitrogens is 2. The summed E-state index contributed by atoms with van der Waals surface area (Å²) in [5.74, 6) is 0. The number of hydrogen-bond donors (Lipinski definition) is 0. The third-order valence-corrected chi connectivity index (χ3v) is 4.30. The maximum atomic E-state index is 12.7. The van der Waals surface area contributed by atoms with Crippen LogP contribution in [0.2, 0.25) is 5.15 Å². The van der Waals surface area contributed by atoms with Crippen molar-refractivity contribution in [2.24, 2.45) is 0 Å². The molecule has 0 aliphatic carbocycles. The number of anilines is 1. The van der Waals surface area contributed by atoms with Gasteiger partial charge in [0.1, 0.15) is 16.2 Å². The predicted molar refractivity (Wildman–Crippen MR) is 105 cm³/mol. The van der Waals surface area contributed by atoms with Crippen molar-refractivity contribution >= 4 is 40.1 Å². The molecule has 0 spiro atoms. The van der Waals surface area contributed by atoms with Crippen molar-refractivity contribution in [3.05, 3.63) is 29.7 Å². The maximum absolute atomic E-state index is 12.7. The van der Waals surface area contributed by atoms with E-state index in [2.05, 4.69) is 9.97 Å². The van der Waals surface area contributed by atoms with Crippen LogP contribution in [-0.4, -0.2) is 33.4 Å². The number of thiazole rings is 1. The molecule has 2 aromatic rings. The zero-order valence-corrected chi connectivity index (χ0v) is 17.6. The molecule has 27 heavy (non-hydrogen) atoms. The number of halogens is 1. The summed E-state index contributed by atoms with van der Waals surface area (Å²) in [6.07, 6.45) is 1.47. The second-order valence-corrected chi connectivity index (χ2v) is 8.99. The van der Waals surface area contributed by atoms with Gasteiger partial charge in [0.15, 0.2) is 10.2 Å². The van der Waals surface area contributed by atoms with E-state index in [-0.39, 0.29) is 10.2 Å². The fourth-order valence-electron chi connectivity index (χ4n) is 1.90. The Morgan fingerprint density at radius 3 is 2.07 bits per heavy atom. The minimum absolute atomic E-state index is 0.00410. The molecule has 7 nitrogen and oxygen atoms in total. The highest BCUT2D eigenvalue weighted by molar-refractivity contribution is 7.20. The summed E-state index contributed by atoms with van der Waals surface area (Å²) in [5.41, 5.74) is -0.898. The van der Waals surface area contributed by atoms with Gasteiger partial charge in [-0.25, -0.2) is 14.6 Å². The third kappa shape index (κ3) is 5.90. The van der Waals surface area contributed by atoms with Crippen LogP contribution in [0.4, 0.5) is 14.6 Å².